The van der Waals surface area contributed by atoms with Crippen molar-refractivity contribution in [2.75, 3.05) is 52.4 Å². The third-order valence-corrected chi connectivity index (χ3v) is 9.18. The Morgan fingerprint density at radius 1 is 1.20 bits per heavy atom. The quantitative estimate of drug-likeness (QED) is 0.259. The highest BCUT2D eigenvalue weighted by Gasteiger charge is 2.38. The van der Waals surface area contributed by atoms with Crippen molar-refractivity contribution in [3.63, 3.8) is 0 Å². The van der Waals surface area contributed by atoms with Crippen molar-refractivity contribution in [2.24, 2.45) is 5.41 Å². The Morgan fingerprint density at radius 2 is 2.05 bits per heavy atom. The monoisotopic (exact) mass is 613 g/mol. The average molecular weight is 614 g/mol. The van der Waals surface area contributed by atoms with E-state index in [1.807, 2.05) is 4.90 Å². The molecule has 3 atom stereocenters. The average Bonchev–Trinajstić information content (AvgIpc) is 3.46. The fourth-order valence-electron chi connectivity index (χ4n) is 6.72. The third kappa shape index (κ3) is 7.64. The van der Waals surface area contributed by atoms with Crippen LogP contribution in [0.1, 0.15) is 93.3 Å². The summed E-state index contributed by atoms with van der Waals surface area (Å²) >= 11 is 0. The Kier molecular flexibility index (Phi) is 10.6. The van der Waals surface area contributed by atoms with Crippen LogP contribution in [-0.4, -0.2) is 74.1 Å². The van der Waals surface area contributed by atoms with E-state index in [9.17, 15) is 9.90 Å². The summed E-state index contributed by atoms with van der Waals surface area (Å²) in [4.78, 5) is 19.3. The van der Waals surface area contributed by atoms with Crippen LogP contribution in [0.3, 0.4) is 0 Å². The fourth-order valence-corrected chi connectivity index (χ4v) is 6.72. The summed E-state index contributed by atoms with van der Waals surface area (Å²) < 4.78 is 38.5. The second-order valence-corrected chi connectivity index (χ2v) is 13.1. The summed E-state index contributed by atoms with van der Waals surface area (Å²) in [6.45, 7) is 7.45. The SMILES string of the molecule is COc1cc(CCCCCO[C@@H]2CCN(C(C(=O)O)c3cc([C@H]4CCC(C)(C)CO4)cc(F)c3OC)C2)nc2c1CCCN2. The van der Waals surface area contributed by atoms with Gasteiger partial charge in [0.05, 0.1) is 33.0 Å². The zero-order valence-electron chi connectivity index (χ0n) is 26.6. The fraction of sp³-hybridized carbons (Fsp3) is 0.647. The number of nitrogens with one attached hydrogen (secondary N) is 1. The van der Waals surface area contributed by atoms with Gasteiger partial charge in [0.25, 0.3) is 0 Å². The summed E-state index contributed by atoms with van der Waals surface area (Å²) in [5.74, 6) is 0.256. The van der Waals surface area contributed by atoms with Gasteiger partial charge in [-0.05, 0) is 74.5 Å². The van der Waals surface area contributed by atoms with E-state index in [0.29, 0.717) is 37.4 Å². The van der Waals surface area contributed by atoms with Crippen molar-refractivity contribution >= 4 is 11.8 Å². The normalized spacial score (nSPS) is 22.2. The first-order valence-corrected chi connectivity index (χ1v) is 16.1. The Bertz CT molecular complexity index is 1280. The zero-order valence-corrected chi connectivity index (χ0v) is 26.6. The second kappa shape index (κ2) is 14.4. The number of anilines is 1. The zero-order chi connectivity index (χ0) is 31.3. The maximum Gasteiger partial charge on any atom is 0.325 e. The summed E-state index contributed by atoms with van der Waals surface area (Å²) in [5.41, 5.74) is 3.27. The van der Waals surface area contributed by atoms with E-state index in [0.717, 1.165) is 81.6 Å². The van der Waals surface area contributed by atoms with Crippen LogP contribution >= 0.6 is 0 Å². The van der Waals surface area contributed by atoms with Crippen molar-refractivity contribution in [2.45, 2.75) is 89.9 Å². The van der Waals surface area contributed by atoms with E-state index in [1.54, 1.807) is 13.2 Å². The Balaban J connectivity index is 1.13. The van der Waals surface area contributed by atoms with Crippen LogP contribution in [0.15, 0.2) is 18.2 Å². The molecule has 2 aromatic rings. The minimum atomic E-state index is -1.04. The molecule has 0 aliphatic carbocycles. The number of fused-ring (bicyclic) bond motifs is 1. The van der Waals surface area contributed by atoms with Gasteiger partial charge in [0.15, 0.2) is 11.6 Å². The molecule has 3 aliphatic heterocycles. The number of benzene rings is 1. The number of hydrogen-bond acceptors (Lipinski definition) is 8. The highest BCUT2D eigenvalue weighted by Crippen LogP contribution is 2.41. The summed E-state index contributed by atoms with van der Waals surface area (Å²) in [7, 11) is 3.10. The van der Waals surface area contributed by atoms with Gasteiger partial charge in [0.2, 0.25) is 0 Å². The lowest BCUT2D eigenvalue weighted by Gasteiger charge is -2.35. The first kappa shape index (κ1) is 32.4. The van der Waals surface area contributed by atoms with Crippen LogP contribution < -0.4 is 14.8 Å². The lowest BCUT2D eigenvalue weighted by Crippen LogP contribution is -2.34. The number of aromatic nitrogens is 1. The molecule has 242 valence electrons. The van der Waals surface area contributed by atoms with Gasteiger partial charge in [-0.2, -0.15) is 0 Å². The molecule has 2 saturated heterocycles. The van der Waals surface area contributed by atoms with E-state index in [4.69, 9.17) is 23.9 Å². The van der Waals surface area contributed by atoms with Gasteiger partial charge in [0, 0.05) is 49.1 Å². The Morgan fingerprint density at radius 3 is 2.77 bits per heavy atom. The standard InChI is InChI=1S/C34H48FN3O6/c1-34(2)13-11-28(44-21-34)22-17-26(31(42-4)27(35)18-22)30(33(39)40)38-15-12-24(20-38)43-16-7-5-6-9-23-19-29(41-3)25-10-8-14-36-32(25)37-23/h17-19,24,28,30H,5-16,20-21H2,1-4H3,(H,36,37)(H,39,40)/t24-,28-,30?/m1/s1. The molecule has 0 saturated carbocycles. The number of hydrogen-bond donors (Lipinski definition) is 2. The molecule has 0 bridgehead atoms. The van der Waals surface area contributed by atoms with Crippen LogP contribution in [0.4, 0.5) is 10.2 Å². The number of rotatable bonds is 13. The number of aliphatic carboxylic acids is 1. The maximum absolute atomic E-state index is 15.3. The molecule has 0 radical (unpaired) electrons. The summed E-state index contributed by atoms with van der Waals surface area (Å²) in [5, 5.41) is 13.7. The number of ether oxygens (including phenoxy) is 4. The molecule has 2 N–H and O–H groups in total. The number of methoxy groups -OCH3 is 2. The van der Waals surface area contributed by atoms with Gasteiger partial charge in [-0.15, -0.1) is 0 Å². The lowest BCUT2D eigenvalue weighted by atomic mass is 9.83. The molecule has 0 spiro atoms. The maximum atomic E-state index is 15.3. The molecule has 2 fully saturated rings. The van der Waals surface area contributed by atoms with E-state index in [1.165, 1.54) is 18.7 Å². The molecule has 44 heavy (non-hydrogen) atoms. The minimum absolute atomic E-state index is 0.0246. The number of nitrogens with zero attached hydrogens (tertiary/aromatic N) is 2. The molecule has 0 amide bonds. The second-order valence-electron chi connectivity index (χ2n) is 13.1. The largest absolute Gasteiger partial charge is 0.496 e. The van der Waals surface area contributed by atoms with Crippen LogP contribution in [-0.2, 0) is 27.1 Å². The molecular weight excluding hydrogens is 565 g/mol. The number of aryl methyl sites for hydroxylation is 1. The number of carboxylic acids is 1. The minimum Gasteiger partial charge on any atom is -0.496 e. The van der Waals surface area contributed by atoms with Crippen molar-refractivity contribution in [3.05, 3.63) is 46.4 Å². The van der Waals surface area contributed by atoms with Gasteiger partial charge in [-0.3, -0.25) is 9.69 Å². The van der Waals surface area contributed by atoms with Crippen molar-refractivity contribution in [3.8, 4) is 11.5 Å². The van der Waals surface area contributed by atoms with E-state index < -0.39 is 17.8 Å². The summed E-state index contributed by atoms with van der Waals surface area (Å²) in [6, 6.07) is 4.22. The van der Waals surface area contributed by atoms with Gasteiger partial charge < -0.3 is 29.4 Å². The predicted octanol–water partition coefficient (Wildman–Crippen LogP) is 6.10. The van der Waals surface area contributed by atoms with Gasteiger partial charge in [0.1, 0.15) is 17.6 Å². The number of unbranched alkanes of at least 4 members (excludes halogenated alkanes) is 2. The van der Waals surface area contributed by atoms with Crippen LogP contribution in [0, 0.1) is 11.2 Å². The molecule has 1 unspecified atom stereocenters. The highest BCUT2D eigenvalue weighted by atomic mass is 19.1. The summed E-state index contributed by atoms with van der Waals surface area (Å²) in [6.07, 6.45) is 7.97. The molecule has 1 aromatic carbocycles. The van der Waals surface area contributed by atoms with Crippen LogP contribution in [0.5, 0.6) is 11.5 Å². The van der Waals surface area contributed by atoms with E-state index in [2.05, 4.69) is 25.2 Å². The van der Waals surface area contributed by atoms with Crippen LogP contribution in [0.25, 0.3) is 0 Å². The van der Waals surface area contributed by atoms with Crippen molar-refractivity contribution in [1.82, 2.24) is 9.88 Å². The first-order chi connectivity index (χ1) is 21.2. The van der Waals surface area contributed by atoms with Crippen LogP contribution in [0.2, 0.25) is 0 Å². The molecule has 9 nitrogen and oxygen atoms in total. The molecular formula is C34H48FN3O6. The van der Waals surface area contributed by atoms with E-state index >= 15 is 4.39 Å². The van der Waals surface area contributed by atoms with E-state index in [-0.39, 0.29) is 23.4 Å². The molecule has 1 aromatic heterocycles. The van der Waals surface area contributed by atoms with Crippen molar-refractivity contribution < 1.29 is 33.2 Å². The smallest absolute Gasteiger partial charge is 0.325 e. The first-order valence-electron chi connectivity index (χ1n) is 16.1. The highest BCUT2D eigenvalue weighted by molar-refractivity contribution is 5.77. The van der Waals surface area contributed by atoms with Gasteiger partial charge >= 0.3 is 5.97 Å². The third-order valence-electron chi connectivity index (χ3n) is 9.18. The molecule has 5 rings (SSSR count). The number of carbonyl (C=O) groups is 1. The molecule has 3 aliphatic rings. The molecule has 10 heteroatoms. The van der Waals surface area contributed by atoms with Gasteiger partial charge in [-0.1, -0.05) is 20.3 Å². The Labute approximate surface area is 260 Å². The van der Waals surface area contributed by atoms with Crippen molar-refractivity contribution in [1.29, 1.82) is 0 Å². The number of halogens is 1. The number of pyridine rings is 1. The number of carboxylic acid groups (broad SMARTS) is 1. The topological polar surface area (TPSA) is 102 Å². The number of likely N-dealkylation sites (tertiary alicyclic amines) is 1. The van der Waals surface area contributed by atoms with Gasteiger partial charge in [-0.25, -0.2) is 9.37 Å². The Hall–Kier alpha value is -2.95. The predicted molar refractivity (Wildman–Crippen MR) is 166 cm³/mol. The molecule has 4 heterocycles. The lowest BCUT2D eigenvalue weighted by molar-refractivity contribution is -0.143.